The maximum Gasteiger partial charge on any atom is 0.251 e. The highest BCUT2D eigenvalue weighted by molar-refractivity contribution is 7.80. The fourth-order valence-corrected chi connectivity index (χ4v) is 1.88. The van der Waals surface area contributed by atoms with Gasteiger partial charge in [0.25, 0.3) is 5.91 Å². The molecule has 1 aliphatic heterocycles. The van der Waals surface area contributed by atoms with Crippen LogP contribution in [0.25, 0.3) is 0 Å². The van der Waals surface area contributed by atoms with Gasteiger partial charge in [0, 0.05) is 23.6 Å². The zero-order valence-corrected chi connectivity index (χ0v) is 9.87. The van der Waals surface area contributed by atoms with Crippen molar-refractivity contribution in [3.05, 3.63) is 29.8 Å². The average Bonchev–Trinajstić information content (AvgIpc) is 2.80. The first kappa shape index (κ1) is 11.5. The largest absolute Gasteiger partial charge is 0.376 e. The summed E-state index contributed by atoms with van der Waals surface area (Å²) in [6.45, 7) is 1.41. The SMILES string of the molecule is O=C(NCC1CCCO1)c1ccc(S)cc1. The van der Waals surface area contributed by atoms with Crippen molar-refractivity contribution in [2.45, 2.75) is 23.8 Å². The maximum atomic E-state index is 11.7. The van der Waals surface area contributed by atoms with Crippen LogP contribution in [0.5, 0.6) is 0 Å². The van der Waals surface area contributed by atoms with Crippen molar-refractivity contribution < 1.29 is 9.53 Å². The molecule has 0 aliphatic carbocycles. The van der Waals surface area contributed by atoms with Crippen LogP contribution in [0, 0.1) is 0 Å². The second-order valence-electron chi connectivity index (χ2n) is 3.89. The van der Waals surface area contributed by atoms with Crippen LogP contribution >= 0.6 is 12.6 Å². The lowest BCUT2D eigenvalue weighted by Gasteiger charge is -2.10. The Kier molecular flexibility index (Phi) is 3.85. The molecule has 1 heterocycles. The van der Waals surface area contributed by atoms with Gasteiger partial charge in [-0.3, -0.25) is 4.79 Å². The molecule has 1 saturated heterocycles. The molecule has 1 aliphatic rings. The highest BCUT2D eigenvalue weighted by atomic mass is 32.1. The Balaban J connectivity index is 1.85. The number of hydrogen-bond donors (Lipinski definition) is 2. The zero-order valence-electron chi connectivity index (χ0n) is 8.98. The first-order chi connectivity index (χ1) is 7.75. The number of carbonyl (C=O) groups excluding carboxylic acids is 1. The number of rotatable bonds is 3. The van der Waals surface area contributed by atoms with Gasteiger partial charge in [-0.1, -0.05) is 0 Å². The summed E-state index contributed by atoms with van der Waals surface area (Å²) >= 11 is 4.17. The fraction of sp³-hybridized carbons (Fsp3) is 0.417. The molecule has 16 heavy (non-hydrogen) atoms. The van der Waals surface area contributed by atoms with Gasteiger partial charge in [0.2, 0.25) is 0 Å². The smallest absolute Gasteiger partial charge is 0.251 e. The molecule has 1 aromatic rings. The Bertz CT molecular complexity index is 358. The van der Waals surface area contributed by atoms with E-state index in [1.807, 2.05) is 12.1 Å². The first-order valence-electron chi connectivity index (χ1n) is 5.44. The molecule has 2 rings (SSSR count). The molecule has 1 fully saturated rings. The number of amides is 1. The Morgan fingerprint density at radius 2 is 2.19 bits per heavy atom. The molecule has 1 amide bonds. The van der Waals surface area contributed by atoms with Crippen LogP contribution in [0.2, 0.25) is 0 Å². The Labute approximate surface area is 101 Å². The summed E-state index contributed by atoms with van der Waals surface area (Å²) in [5, 5.41) is 2.87. The minimum absolute atomic E-state index is 0.0520. The Morgan fingerprint density at radius 3 is 2.81 bits per heavy atom. The topological polar surface area (TPSA) is 38.3 Å². The summed E-state index contributed by atoms with van der Waals surface area (Å²) in [5.41, 5.74) is 0.663. The van der Waals surface area contributed by atoms with Crippen LogP contribution in [-0.4, -0.2) is 25.2 Å². The molecule has 4 heteroatoms. The van der Waals surface area contributed by atoms with Gasteiger partial charge < -0.3 is 10.1 Å². The van der Waals surface area contributed by atoms with Crippen LogP contribution in [0.3, 0.4) is 0 Å². The van der Waals surface area contributed by atoms with E-state index in [9.17, 15) is 4.79 Å². The molecule has 0 bridgehead atoms. The van der Waals surface area contributed by atoms with E-state index in [4.69, 9.17) is 4.74 Å². The van der Waals surface area contributed by atoms with E-state index in [0.29, 0.717) is 12.1 Å². The summed E-state index contributed by atoms with van der Waals surface area (Å²) in [4.78, 5) is 12.6. The van der Waals surface area contributed by atoms with Gasteiger partial charge >= 0.3 is 0 Å². The molecule has 1 aromatic carbocycles. The number of thiol groups is 1. The first-order valence-corrected chi connectivity index (χ1v) is 5.89. The van der Waals surface area contributed by atoms with E-state index in [2.05, 4.69) is 17.9 Å². The molecule has 86 valence electrons. The van der Waals surface area contributed by atoms with Gasteiger partial charge in [-0.15, -0.1) is 12.6 Å². The maximum absolute atomic E-state index is 11.7. The minimum Gasteiger partial charge on any atom is -0.376 e. The fourth-order valence-electron chi connectivity index (χ4n) is 1.73. The van der Waals surface area contributed by atoms with Crippen LogP contribution < -0.4 is 5.32 Å². The van der Waals surface area contributed by atoms with Crippen LogP contribution in [0.4, 0.5) is 0 Å². The Morgan fingerprint density at radius 1 is 1.44 bits per heavy atom. The zero-order chi connectivity index (χ0) is 11.4. The number of carbonyl (C=O) groups is 1. The summed E-state index contributed by atoms with van der Waals surface area (Å²) in [7, 11) is 0. The predicted molar refractivity (Wildman–Crippen MR) is 65.0 cm³/mol. The van der Waals surface area contributed by atoms with Crippen LogP contribution in [0.1, 0.15) is 23.2 Å². The molecule has 0 radical (unpaired) electrons. The minimum atomic E-state index is -0.0520. The molecule has 1 N–H and O–H groups in total. The standard InChI is InChI=1S/C12H15NO2S/c14-12(9-3-5-11(16)6-4-9)13-8-10-2-1-7-15-10/h3-6,10,16H,1-2,7-8H2,(H,13,14). The van der Waals surface area contributed by atoms with Gasteiger partial charge in [0.1, 0.15) is 0 Å². The second kappa shape index (κ2) is 5.37. The lowest BCUT2D eigenvalue weighted by Crippen LogP contribution is -2.31. The van der Waals surface area contributed by atoms with Crippen molar-refractivity contribution in [2.75, 3.05) is 13.2 Å². The molecule has 3 nitrogen and oxygen atoms in total. The number of ether oxygens (including phenoxy) is 1. The van der Waals surface area contributed by atoms with E-state index >= 15 is 0 Å². The van der Waals surface area contributed by atoms with Crippen molar-refractivity contribution in [1.82, 2.24) is 5.32 Å². The lowest BCUT2D eigenvalue weighted by molar-refractivity contribution is 0.0857. The molecule has 0 aromatic heterocycles. The van der Waals surface area contributed by atoms with E-state index in [1.54, 1.807) is 12.1 Å². The van der Waals surface area contributed by atoms with Crippen LogP contribution in [-0.2, 0) is 4.74 Å². The van der Waals surface area contributed by atoms with Crippen molar-refractivity contribution in [3.8, 4) is 0 Å². The summed E-state index contributed by atoms with van der Waals surface area (Å²) in [6.07, 6.45) is 2.32. The summed E-state index contributed by atoms with van der Waals surface area (Å²) in [6, 6.07) is 7.16. The predicted octanol–water partition coefficient (Wildman–Crippen LogP) is 1.88. The van der Waals surface area contributed by atoms with E-state index in [0.717, 1.165) is 24.3 Å². The summed E-state index contributed by atoms with van der Waals surface area (Å²) < 4.78 is 5.43. The molecule has 0 saturated carbocycles. The van der Waals surface area contributed by atoms with Gasteiger partial charge in [-0.05, 0) is 37.1 Å². The van der Waals surface area contributed by atoms with Gasteiger partial charge in [-0.25, -0.2) is 0 Å². The van der Waals surface area contributed by atoms with E-state index in [1.165, 1.54) is 0 Å². The van der Waals surface area contributed by atoms with Crippen LogP contribution in [0.15, 0.2) is 29.2 Å². The third-order valence-corrected chi connectivity index (χ3v) is 2.94. The van der Waals surface area contributed by atoms with Gasteiger partial charge in [0.15, 0.2) is 0 Å². The van der Waals surface area contributed by atoms with Crippen molar-refractivity contribution >= 4 is 18.5 Å². The highest BCUT2D eigenvalue weighted by Gasteiger charge is 2.16. The molecular formula is C12H15NO2S. The molecule has 1 unspecified atom stereocenters. The van der Waals surface area contributed by atoms with Gasteiger partial charge in [0.05, 0.1) is 6.10 Å². The van der Waals surface area contributed by atoms with Crippen molar-refractivity contribution in [2.24, 2.45) is 0 Å². The molecular weight excluding hydrogens is 222 g/mol. The number of nitrogens with one attached hydrogen (secondary N) is 1. The highest BCUT2D eigenvalue weighted by Crippen LogP contribution is 2.11. The normalized spacial score (nSPS) is 19.7. The average molecular weight is 237 g/mol. The monoisotopic (exact) mass is 237 g/mol. The third-order valence-electron chi connectivity index (χ3n) is 2.64. The number of hydrogen-bond acceptors (Lipinski definition) is 3. The molecule has 1 atom stereocenters. The van der Waals surface area contributed by atoms with Gasteiger partial charge in [-0.2, -0.15) is 0 Å². The second-order valence-corrected chi connectivity index (χ2v) is 4.41. The van der Waals surface area contributed by atoms with Crippen molar-refractivity contribution in [3.63, 3.8) is 0 Å². The Hall–Kier alpha value is -1.00. The number of benzene rings is 1. The third kappa shape index (κ3) is 3.00. The van der Waals surface area contributed by atoms with Crippen molar-refractivity contribution in [1.29, 1.82) is 0 Å². The van der Waals surface area contributed by atoms with E-state index in [-0.39, 0.29) is 12.0 Å². The summed E-state index contributed by atoms with van der Waals surface area (Å²) in [5.74, 6) is -0.0520. The van der Waals surface area contributed by atoms with E-state index < -0.39 is 0 Å². The quantitative estimate of drug-likeness (QED) is 0.788. The lowest BCUT2D eigenvalue weighted by atomic mass is 10.2. The molecule has 0 spiro atoms.